The van der Waals surface area contributed by atoms with Gasteiger partial charge in [0.05, 0.1) is 0 Å². The molecular weight excluding hydrogens is 649 g/mol. The van der Waals surface area contributed by atoms with E-state index in [1.807, 2.05) is 0 Å². The van der Waals surface area contributed by atoms with E-state index in [4.69, 9.17) is 0 Å². The number of fused-ring (bicyclic) bond motifs is 1. The van der Waals surface area contributed by atoms with E-state index in [1.165, 1.54) is 120 Å². The Labute approximate surface area is 312 Å². The standard InChI is InChI=1S/C54H32/c1-2-8-33(9-3-1)48-32-42(24-27-44(48)43-25-20-38-18-16-34-12-6-14-36-22-28-46(43)53(38)51(34)36)49-30-40-10-4-5-11-41(40)31-50(49)45-26-21-39-19-17-35-13-7-15-37-23-29-47(45)54(39)52(35)37/h1-32H. The molecule has 12 aromatic carbocycles. The maximum absolute atomic E-state index is 2.44. The van der Waals surface area contributed by atoms with Crippen LogP contribution in [-0.4, -0.2) is 0 Å². The van der Waals surface area contributed by atoms with Gasteiger partial charge in [-0.15, -0.1) is 0 Å². The number of hydrogen-bond acceptors (Lipinski definition) is 0. The molecule has 0 saturated carbocycles. The van der Waals surface area contributed by atoms with Crippen LogP contribution in [0.15, 0.2) is 194 Å². The van der Waals surface area contributed by atoms with Gasteiger partial charge in [-0.3, -0.25) is 0 Å². The Morgan fingerprint density at radius 3 is 1.17 bits per heavy atom. The lowest BCUT2D eigenvalue weighted by molar-refractivity contribution is 1.58. The highest BCUT2D eigenvalue weighted by molar-refractivity contribution is 6.27. The highest BCUT2D eigenvalue weighted by atomic mass is 14.2. The molecule has 0 bridgehead atoms. The zero-order chi connectivity index (χ0) is 35.3. The van der Waals surface area contributed by atoms with Gasteiger partial charge in [-0.05, 0) is 138 Å². The van der Waals surface area contributed by atoms with E-state index in [-0.39, 0.29) is 0 Å². The molecule has 54 heavy (non-hydrogen) atoms. The zero-order valence-electron chi connectivity index (χ0n) is 29.5. The second-order valence-corrected chi connectivity index (χ2v) is 14.8. The lowest BCUT2D eigenvalue weighted by Crippen LogP contribution is -1.93. The molecular formula is C54H32. The van der Waals surface area contributed by atoms with Crippen LogP contribution in [0.1, 0.15) is 0 Å². The largest absolute Gasteiger partial charge is 0.0622 e. The van der Waals surface area contributed by atoms with Crippen LogP contribution in [0, 0.1) is 0 Å². The Bertz CT molecular complexity index is 3390. The predicted molar refractivity (Wildman–Crippen MR) is 233 cm³/mol. The van der Waals surface area contributed by atoms with Crippen LogP contribution in [0.2, 0.25) is 0 Å². The molecule has 0 amide bonds. The molecule has 0 radical (unpaired) electrons. The normalized spacial score (nSPS) is 12.1. The Morgan fingerprint density at radius 1 is 0.185 bits per heavy atom. The van der Waals surface area contributed by atoms with Gasteiger partial charge in [-0.25, -0.2) is 0 Å². The second kappa shape index (κ2) is 11.2. The molecule has 0 heterocycles. The predicted octanol–water partition coefficient (Wildman–Crippen LogP) is 15.3. The molecule has 0 aliphatic heterocycles. The van der Waals surface area contributed by atoms with Crippen LogP contribution >= 0.6 is 0 Å². The summed E-state index contributed by atoms with van der Waals surface area (Å²) < 4.78 is 0. The van der Waals surface area contributed by atoms with Gasteiger partial charge in [0.1, 0.15) is 0 Å². The molecule has 12 rings (SSSR count). The molecule has 0 heteroatoms. The van der Waals surface area contributed by atoms with Gasteiger partial charge in [-0.1, -0.05) is 176 Å². The summed E-state index contributed by atoms with van der Waals surface area (Å²) in [6.07, 6.45) is 0. The average molecular weight is 681 g/mol. The van der Waals surface area contributed by atoms with E-state index in [2.05, 4.69) is 194 Å². The number of rotatable bonds is 4. The average Bonchev–Trinajstić information content (AvgIpc) is 3.24. The molecule has 0 nitrogen and oxygen atoms in total. The van der Waals surface area contributed by atoms with E-state index >= 15 is 0 Å². The lowest BCUT2D eigenvalue weighted by atomic mass is 9.84. The van der Waals surface area contributed by atoms with Crippen molar-refractivity contribution in [1.29, 1.82) is 0 Å². The first-order valence-corrected chi connectivity index (χ1v) is 18.8. The summed E-state index contributed by atoms with van der Waals surface area (Å²) in [6, 6.07) is 72.6. The summed E-state index contributed by atoms with van der Waals surface area (Å²) in [5, 5.41) is 18.2. The Balaban J connectivity index is 1.14. The first kappa shape index (κ1) is 29.5. The van der Waals surface area contributed by atoms with Crippen molar-refractivity contribution >= 4 is 75.4 Å². The van der Waals surface area contributed by atoms with Crippen molar-refractivity contribution in [2.75, 3.05) is 0 Å². The maximum atomic E-state index is 2.44. The molecule has 12 aromatic rings. The Hall–Kier alpha value is -7.02. The van der Waals surface area contributed by atoms with E-state index in [0.29, 0.717) is 0 Å². The third-order valence-corrected chi connectivity index (χ3v) is 11.9. The second-order valence-electron chi connectivity index (χ2n) is 14.8. The van der Waals surface area contributed by atoms with Gasteiger partial charge >= 0.3 is 0 Å². The van der Waals surface area contributed by atoms with Crippen molar-refractivity contribution in [3.63, 3.8) is 0 Å². The third-order valence-electron chi connectivity index (χ3n) is 11.9. The fourth-order valence-electron chi connectivity index (χ4n) is 9.45. The van der Waals surface area contributed by atoms with Crippen molar-refractivity contribution in [2.24, 2.45) is 0 Å². The van der Waals surface area contributed by atoms with Gasteiger partial charge in [0.2, 0.25) is 0 Å². The van der Waals surface area contributed by atoms with Crippen molar-refractivity contribution in [2.45, 2.75) is 0 Å². The molecule has 0 aliphatic carbocycles. The van der Waals surface area contributed by atoms with Crippen LogP contribution in [0.4, 0.5) is 0 Å². The monoisotopic (exact) mass is 680 g/mol. The molecule has 0 N–H and O–H groups in total. The number of hydrogen-bond donors (Lipinski definition) is 0. The quantitative estimate of drug-likeness (QED) is 0.162. The molecule has 0 fully saturated rings. The molecule has 0 aromatic heterocycles. The molecule has 0 unspecified atom stereocenters. The van der Waals surface area contributed by atoms with Gasteiger partial charge in [0, 0.05) is 0 Å². The van der Waals surface area contributed by atoms with Crippen LogP contribution in [-0.2, 0) is 0 Å². The van der Waals surface area contributed by atoms with Crippen molar-refractivity contribution in [1.82, 2.24) is 0 Å². The van der Waals surface area contributed by atoms with Crippen LogP contribution in [0.5, 0.6) is 0 Å². The van der Waals surface area contributed by atoms with Gasteiger partial charge in [0.25, 0.3) is 0 Å². The van der Waals surface area contributed by atoms with Crippen LogP contribution in [0.25, 0.3) is 120 Å². The zero-order valence-corrected chi connectivity index (χ0v) is 29.5. The summed E-state index contributed by atoms with van der Waals surface area (Å²) in [4.78, 5) is 0. The first-order chi connectivity index (χ1) is 26.8. The lowest BCUT2D eigenvalue weighted by Gasteiger charge is -2.20. The summed E-state index contributed by atoms with van der Waals surface area (Å²) in [6.45, 7) is 0. The molecule has 0 spiro atoms. The summed E-state index contributed by atoms with van der Waals surface area (Å²) in [5.41, 5.74) is 9.91. The topological polar surface area (TPSA) is 0 Å². The Morgan fingerprint density at radius 2 is 0.593 bits per heavy atom. The minimum absolute atomic E-state index is 1.21. The van der Waals surface area contributed by atoms with Crippen LogP contribution < -0.4 is 0 Å². The Kier molecular flexibility index (Phi) is 6.15. The molecule has 0 atom stereocenters. The SMILES string of the molecule is c1ccc(-c2cc(-c3cc4ccccc4cc3-c3ccc4ccc5cccc6ccc3c4c56)ccc2-c2ccc3ccc4cccc5ccc2c3c45)cc1. The first-order valence-electron chi connectivity index (χ1n) is 18.8. The van der Waals surface area contributed by atoms with E-state index in [9.17, 15) is 0 Å². The minimum Gasteiger partial charge on any atom is -0.0622 e. The summed E-state index contributed by atoms with van der Waals surface area (Å²) in [7, 11) is 0. The fourth-order valence-corrected chi connectivity index (χ4v) is 9.45. The van der Waals surface area contributed by atoms with Gasteiger partial charge < -0.3 is 0 Å². The highest BCUT2D eigenvalue weighted by Gasteiger charge is 2.19. The summed E-state index contributed by atoms with van der Waals surface area (Å²) in [5.74, 6) is 0. The van der Waals surface area contributed by atoms with Crippen molar-refractivity contribution in [3.05, 3.63) is 194 Å². The van der Waals surface area contributed by atoms with Crippen molar-refractivity contribution < 1.29 is 0 Å². The van der Waals surface area contributed by atoms with E-state index < -0.39 is 0 Å². The highest BCUT2D eigenvalue weighted by Crippen LogP contribution is 2.46. The molecule has 0 saturated heterocycles. The fraction of sp³-hybridized carbons (Fsp3) is 0. The van der Waals surface area contributed by atoms with Gasteiger partial charge in [0.15, 0.2) is 0 Å². The minimum atomic E-state index is 1.21. The maximum Gasteiger partial charge on any atom is -0.00206 e. The van der Waals surface area contributed by atoms with E-state index in [0.717, 1.165) is 0 Å². The van der Waals surface area contributed by atoms with Crippen LogP contribution in [0.3, 0.4) is 0 Å². The molecule has 248 valence electrons. The number of benzene rings is 12. The molecule has 0 aliphatic rings. The van der Waals surface area contributed by atoms with Gasteiger partial charge in [-0.2, -0.15) is 0 Å². The van der Waals surface area contributed by atoms with Crippen molar-refractivity contribution in [3.8, 4) is 44.5 Å². The smallest absolute Gasteiger partial charge is 0.00206 e. The third kappa shape index (κ3) is 4.26. The summed E-state index contributed by atoms with van der Waals surface area (Å²) >= 11 is 0. The van der Waals surface area contributed by atoms with E-state index in [1.54, 1.807) is 0 Å².